The van der Waals surface area contributed by atoms with Crippen LogP contribution in [-0.4, -0.2) is 24.4 Å². The van der Waals surface area contributed by atoms with Crippen LogP contribution < -0.4 is 9.75 Å². The number of rotatable bonds is 2. The Morgan fingerprint density at radius 3 is 3.07 bits per heavy atom. The van der Waals surface area contributed by atoms with E-state index in [0.717, 1.165) is 0 Å². The van der Waals surface area contributed by atoms with Crippen LogP contribution in [0.3, 0.4) is 0 Å². The second kappa shape index (κ2) is 3.63. The molecule has 2 rings (SSSR count). The molecule has 74 valence electrons. The fourth-order valence-electron chi connectivity index (χ4n) is 1.45. The van der Waals surface area contributed by atoms with Gasteiger partial charge < -0.3 is 9.84 Å². The Balaban J connectivity index is 2.35. The highest BCUT2D eigenvalue weighted by Crippen LogP contribution is 2.32. The van der Waals surface area contributed by atoms with Crippen molar-refractivity contribution < 1.29 is 9.84 Å². The van der Waals surface area contributed by atoms with Gasteiger partial charge in [-0.3, -0.25) is 0 Å². The quantitative estimate of drug-likeness (QED) is 0.711. The second-order valence-corrected chi connectivity index (χ2v) is 3.05. The van der Waals surface area contributed by atoms with E-state index in [1.807, 2.05) is 6.07 Å². The molecule has 0 fully saturated rings. The summed E-state index contributed by atoms with van der Waals surface area (Å²) in [4.78, 5) is 10.5. The normalized spacial score (nSPS) is 19.8. The zero-order chi connectivity index (χ0) is 9.97. The van der Waals surface area contributed by atoms with Gasteiger partial charge in [-0.1, -0.05) is 12.1 Å². The minimum atomic E-state index is -0.386. The van der Waals surface area contributed by atoms with Crippen molar-refractivity contribution in [1.82, 2.24) is 0 Å². The van der Waals surface area contributed by atoms with Crippen molar-refractivity contribution in [2.24, 2.45) is 5.29 Å². The summed E-state index contributed by atoms with van der Waals surface area (Å²) in [6.45, 7) is 0.164. The van der Waals surface area contributed by atoms with E-state index in [1.54, 1.807) is 18.2 Å². The highest BCUT2D eigenvalue weighted by Gasteiger charge is 2.25. The van der Waals surface area contributed by atoms with Gasteiger partial charge in [-0.25, -0.2) is 5.01 Å². The molecule has 1 atom stereocenters. The lowest BCUT2D eigenvalue weighted by atomic mass is 10.2. The van der Waals surface area contributed by atoms with Crippen LogP contribution in [0.2, 0.25) is 0 Å². The third-order valence-corrected chi connectivity index (χ3v) is 2.12. The van der Waals surface area contributed by atoms with E-state index < -0.39 is 0 Å². The first-order valence-electron chi connectivity index (χ1n) is 4.32. The molecule has 1 N–H and O–H groups in total. The predicted molar refractivity (Wildman–Crippen MR) is 51.1 cm³/mol. The van der Waals surface area contributed by atoms with Gasteiger partial charge in [0.15, 0.2) is 0 Å². The summed E-state index contributed by atoms with van der Waals surface area (Å²) >= 11 is 0. The van der Waals surface area contributed by atoms with Crippen LogP contribution in [0.15, 0.2) is 29.6 Å². The molecule has 1 aliphatic heterocycles. The maximum atomic E-state index is 10.5. The topological polar surface area (TPSA) is 62.1 Å². The van der Waals surface area contributed by atoms with Crippen molar-refractivity contribution in [2.45, 2.75) is 6.10 Å². The SMILES string of the molecule is O=NN1CC(CO)Oc2ccccc21. The van der Waals surface area contributed by atoms with Gasteiger partial charge in [0.05, 0.1) is 18.4 Å². The molecule has 1 unspecified atom stereocenters. The second-order valence-electron chi connectivity index (χ2n) is 3.05. The van der Waals surface area contributed by atoms with Gasteiger partial charge in [0.2, 0.25) is 0 Å². The zero-order valence-electron chi connectivity index (χ0n) is 7.46. The summed E-state index contributed by atoms with van der Waals surface area (Å²) in [5.74, 6) is 0.581. The van der Waals surface area contributed by atoms with Crippen molar-refractivity contribution in [3.63, 3.8) is 0 Å². The molecule has 0 spiro atoms. The van der Waals surface area contributed by atoms with Crippen LogP contribution in [-0.2, 0) is 0 Å². The minimum absolute atomic E-state index is 0.125. The molecule has 14 heavy (non-hydrogen) atoms. The number of aliphatic hydroxyl groups excluding tert-OH is 1. The first kappa shape index (κ1) is 8.96. The number of anilines is 1. The fourth-order valence-corrected chi connectivity index (χ4v) is 1.45. The first-order chi connectivity index (χ1) is 6.85. The number of benzene rings is 1. The summed E-state index contributed by atoms with van der Waals surface area (Å²) < 4.78 is 5.42. The smallest absolute Gasteiger partial charge is 0.145 e. The van der Waals surface area contributed by atoms with Gasteiger partial charge in [-0.05, 0) is 12.1 Å². The lowest BCUT2D eigenvalue weighted by Gasteiger charge is -2.29. The van der Waals surface area contributed by atoms with Crippen molar-refractivity contribution in [3.8, 4) is 5.75 Å². The molecule has 1 heterocycles. The summed E-state index contributed by atoms with van der Waals surface area (Å²) in [7, 11) is 0. The first-order valence-corrected chi connectivity index (χ1v) is 4.32. The maximum Gasteiger partial charge on any atom is 0.145 e. The van der Waals surface area contributed by atoms with Gasteiger partial charge in [0, 0.05) is 0 Å². The van der Waals surface area contributed by atoms with Crippen molar-refractivity contribution in [2.75, 3.05) is 18.2 Å². The molecule has 1 aromatic carbocycles. The molecule has 5 nitrogen and oxygen atoms in total. The molecule has 0 amide bonds. The van der Waals surface area contributed by atoms with Crippen LogP contribution in [0, 0.1) is 4.91 Å². The number of aliphatic hydroxyl groups is 1. The average Bonchev–Trinajstić information content (AvgIpc) is 2.27. The number of fused-ring (bicyclic) bond motifs is 1. The molecule has 1 aliphatic rings. The number of hydrogen-bond acceptors (Lipinski definition) is 4. The van der Waals surface area contributed by atoms with E-state index in [0.29, 0.717) is 11.4 Å². The van der Waals surface area contributed by atoms with Crippen molar-refractivity contribution in [1.29, 1.82) is 0 Å². The van der Waals surface area contributed by atoms with E-state index in [4.69, 9.17) is 9.84 Å². The Bertz CT molecular complexity index is 343. The lowest BCUT2D eigenvalue weighted by molar-refractivity contribution is 0.112. The summed E-state index contributed by atoms with van der Waals surface area (Å²) in [5, 5.41) is 13.1. The van der Waals surface area contributed by atoms with Crippen LogP contribution in [0.5, 0.6) is 5.75 Å². The number of nitroso groups, excluding NO2 is 1. The summed E-state index contributed by atoms with van der Waals surface area (Å²) in [6, 6.07) is 7.11. The van der Waals surface area contributed by atoms with Crippen LogP contribution >= 0.6 is 0 Å². The molecule has 0 bridgehead atoms. The van der Waals surface area contributed by atoms with E-state index in [-0.39, 0.29) is 19.3 Å². The molecular formula is C9H10N2O3. The molecule has 0 saturated carbocycles. The summed E-state index contributed by atoms with van der Waals surface area (Å²) in [5.41, 5.74) is 0.646. The number of para-hydroxylation sites is 2. The van der Waals surface area contributed by atoms with Crippen LogP contribution in [0.25, 0.3) is 0 Å². The molecule has 1 aromatic rings. The van der Waals surface area contributed by atoms with Crippen LogP contribution in [0.1, 0.15) is 0 Å². The number of ether oxygens (including phenoxy) is 1. The highest BCUT2D eigenvalue weighted by molar-refractivity contribution is 5.59. The van der Waals surface area contributed by atoms with Gasteiger partial charge in [0.25, 0.3) is 0 Å². The highest BCUT2D eigenvalue weighted by atomic mass is 16.5. The largest absolute Gasteiger partial charge is 0.484 e. The van der Waals surface area contributed by atoms with Crippen molar-refractivity contribution >= 4 is 5.69 Å². The Morgan fingerprint density at radius 1 is 1.57 bits per heavy atom. The maximum absolute atomic E-state index is 10.5. The van der Waals surface area contributed by atoms with Gasteiger partial charge >= 0.3 is 0 Å². The lowest BCUT2D eigenvalue weighted by Crippen LogP contribution is -2.39. The van der Waals surface area contributed by atoms with Crippen LogP contribution in [0.4, 0.5) is 5.69 Å². The third-order valence-electron chi connectivity index (χ3n) is 2.12. The van der Waals surface area contributed by atoms with Crippen molar-refractivity contribution in [3.05, 3.63) is 29.2 Å². The van der Waals surface area contributed by atoms with Gasteiger partial charge in [0.1, 0.15) is 17.5 Å². The Kier molecular flexibility index (Phi) is 2.32. The molecule has 5 heteroatoms. The van der Waals surface area contributed by atoms with E-state index in [1.165, 1.54) is 5.01 Å². The standard InChI is InChI=1S/C9H10N2O3/c12-6-7-5-11(10-13)8-3-1-2-4-9(8)14-7/h1-4,7,12H,5-6H2. The fraction of sp³-hybridized carbons (Fsp3) is 0.333. The number of nitrogens with zero attached hydrogens (tertiary/aromatic N) is 2. The Morgan fingerprint density at radius 2 is 2.36 bits per heavy atom. The molecule has 0 saturated heterocycles. The monoisotopic (exact) mass is 194 g/mol. The molecule has 0 aliphatic carbocycles. The molecule has 0 radical (unpaired) electrons. The zero-order valence-corrected chi connectivity index (χ0v) is 7.46. The minimum Gasteiger partial charge on any atom is -0.484 e. The predicted octanol–water partition coefficient (Wildman–Crippen LogP) is 0.928. The summed E-state index contributed by atoms with van der Waals surface area (Å²) in [6.07, 6.45) is -0.386. The van der Waals surface area contributed by atoms with E-state index in [2.05, 4.69) is 5.29 Å². The van der Waals surface area contributed by atoms with Gasteiger partial charge in [-0.2, -0.15) is 0 Å². The average molecular weight is 194 g/mol. The van der Waals surface area contributed by atoms with Gasteiger partial charge in [-0.15, -0.1) is 4.91 Å². The Hall–Kier alpha value is -1.62. The number of hydrogen-bond donors (Lipinski definition) is 1. The van der Waals surface area contributed by atoms with E-state index >= 15 is 0 Å². The third kappa shape index (κ3) is 1.42. The molecular weight excluding hydrogens is 184 g/mol. The van der Waals surface area contributed by atoms with E-state index in [9.17, 15) is 4.91 Å². The molecule has 0 aromatic heterocycles. The Labute approximate surface area is 80.9 Å².